The molecule has 1 saturated carbocycles. The van der Waals surface area contributed by atoms with E-state index < -0.39 is 0 Å². The van der Waals surface area contributed by atoms with Crippen molar-refractivity contribution in [3.05, 3.63) is 0 Å². The minimum atomic E-state index is 0.449. The molecule has 1 aliphatic heterocycles. The van der Waals surface area contributed by atoms with Gasteiger partial charge in [0.15, 0.2) is 0 Å². The molecule has 1 aliphatic carbocycles. The van der Waals surface area contributed by atoms with Crippen LogP contribution in [0.5, 0.6) is 0 Å². The van der Waals surface area contributed by atoms with Crippen molar-refractivity contribution in [3.8, 4) is 6.07 Å². The molecule has 0 bridgehead atoms. The van der Waals surface area contributed by atoms with Gasteiger partial charge >= 0.3 is 0 Å². The second-order valence-electron chi connectivity index (χ2n) is 4.57. The average molecular weight is 208 g/mol. The first-order chi connectivity index (χ1) is 7.36. The number of fused-ring (bicyclic) bond motifs is 1. The van der Waals surface area contributed by atoms with Crippen LogP contribution >= 0.6 is 0 Å². The van der Waals surface area contributed by atoms with Crippen LogP contribution in [-0.4, -0.2) is 36.2 Å². The molecule has 3 unspecified atom stereocenters. The lowest BCUT2D eigenvalue weighted by atomic mass is 10.0. The molecular formula is C12H20N2O. The molecule has 2 fully saturated rings. The Morgan fingerprint density at radius 2 is 2.40 bits per heavy atom. The van der Waals surface area contributed by atoms with Gasteiger partial charge in [0.05, 0.1) is 25.2 Å². The van der Waals surface area contributed by atoms with Crippen molar-refractivity contribution in [2.45, 2.75) is 57.2 Å². The van der Waals surface area contributed by atoms with Gasteiger partial charge in [0.1, 0.15) is 0 Å². The maximum Gasteiger partial charge on any atom is 0.0731 e. The topological polar surface area (TPSA) is 36.3 Å². The Bertz CT molecular complexity index is 248. The Labute approximate surface area is 92.0 Å². The molecule has 15 heavy (non-hydrogen) atoms. The molecule has 1 saturated heterocycles. The molecule has 0 radical (unpaired) electrons. The Morgan fingerprint density at radius 3 is 3.13 bits per heavy atom. The van der Waals surface area contributed by atoms with Gasteiger partial charge in [-0.15, -0.1) is 0 Å². The molecular weight excluding hydrogens is 188 g/mol. The fraction of sp³-hybridized carbons (Fsp3) is 0.917. The van der Waals surface area contributed by atoms with E-state index >= 15 is 0 Å². The monoisotopic (exact) mass is 208 g/mol. The highest BCUT2D eigenvalue weighted by Gasteiger charge is 2.38. The fourth-order valence-electron chi connectivity index (χ4n) is 3.01. The highest BCUT2D eigenvalue weighted by Crippen LogP contribution is 2.31. The summed E-state index contributed by atoms with van der Waals surface area (Å²) >= 11 is 0. The van der Waals surface area contributed by atoms with Gasteiger partial charge in [0.2, 0.25) is 0 Å². The van der Waals surface area contributed by atoms with Crippen molar-refractivity contribution in [1.82, 2.24) is 4.90 Å². The first-order valence-corrected chi connectivity index (χ1v) is 6.11. The third kappa shape index (κ3) is 2.16. The van der Waals surface area contributed by atoms with E-state index in [-0.39, 0.29) is 0 Å². The molecule has 2 rings (SSSR count). The zero-order chi connectivity index (χ0) is 10.7. The van der Waals surface area contributed by atoms with E-state index in [1.54, 1.807) is 0 Å². The predicted octanol–water partition coefficient (Wildman–Crippen LogP) is 1.93. The van der Waals surface area contributed by atoms with Gasteiger partial charge in [0, 0.05) is 18.6 Å². The minimum Gasteiger partial charge on any atom is -0.375 e. The normalized spacial score (nSPS) is 33.3. The number of hydrogen-bond donors (Lipinski definition) is 0. The SMILES string of the molecule is CCC(CC#N)N1CCOC2CCCC21. The summed E-state index contributed by atoms with van der Waals surface area (Å²) in [5.41, 5.74) is 0. The molecule has 3 nitrogen and oxygen atoms in total. The van der Waals surface area contributed by atoms with Crippen LogP contribution in [0, 0.1) is 11.3 Å². The summed E-state index contributed by atoms with van der Waals surface area (Å²) in [6, 6.07) is 3.36. The first-order valence-electron chi connectivity index (χ1n) is 6.11. The summed E-state index contributed by atoms with van der Waals surface area (Å²) in [5, 5.41) is 8.83. The van der Waals surface area contributed by atoms with Gasteiger partial charge in [-0.1, -0.05) is 6.92 Å². The zero-order valence-corrected chi connectivity index (χ0v) is 9.48. The van der Waals surface area contributed by atoms with Crippen LogP contribution < -0.4 is 0 Å². The molecule has 2 aliphatic rings. The van der Waals surface area contributed by atoms with Crippen LogP contribution in [0.1, 0.15) is 39.0 Å². The number of nitrogens with zero attached hydrogens (tertiary/aromatic N) is 2. The standard InChI is InChI=1S/C12H20N2O/c1-2-10(6-7-13)14-8-9-15-12-5-3-4-11(12)14/h10-12H,2-6,8-9H2,1H3. The number of nitriles is 1. The third-order valence-corrected chi connectivity index (χ3v) is 3.79. The van der Waals surface area contributed by atoms with Crippen molar-refractivity contribution in [2.75, 3.05) is 13.2 Å². The van der Waals surface area contributed by atoms with E-state index in [4.69, 9.17) is 10.00 Å². The van der Waals surface area contributed by atoms with Crippen molar-refractivity contribution in [1.29, 1.82) is 5.26 Å². The van der Waals surface area contributed by atoms with Crippen molar-refractivity contribution >= 4 is 0 Å². The van der Waals surface area contributed by atoms with Gasteiger partial charge in [-0.25, -0.2) is 0 Å². The highest BCUT2D eigenvalue weighted by atomic mass is 16.5. The zero-order valence-electron chi connectivity index (χ0n) is 9.48. The second kappa shape index (κ2) is 4.96. The van der Waals surface area contributed by atoms with E-state index in [9.17, 15) is 0 Å². The summed E-state index contributed by atoms with van der Waals surface area (Å²) in [7, 11) is 0. The Morgan fingerprint density at radius 1 is 1.53 bits per heavy atom. The maximum atomic E-state index is 8.83. The van der Waals surface area contributed by atoms with Gasteiger partial charge in [0.25, 0.3) is 0 Å². The average Bonchev–Trinajstić information content (AvgIpc) is 2.73. The van der Waals surface area contributed by atoms with Gasteiger partial charge < -0.3 is 4.74 Å². The lowest BCUT2D eigenvalue weighted by Gasteiger charge is -2.41. The number of hydrogen-bond acceptors (Lipinski definition) is 3. The number of morpholine rings is 1. The lowest BCUT2D eigenvalue weighted by Crippen LogP contribution is -2.52. The highest BCUT2D eigenvalue weighted by molar-refractivity contribution is 4.94. The van der Waals surface area contributed by atoms with E-state index in [0.717, 1.165) is 19.6 Å². The van der Waals surface area contributed by atoms with Crippen molar-refractivity contribution in [2.24, 2.45) is 0 Å². The van der Waals surface area contributed by atoms with E-state index in [2.05, 4.69) is 17.9 Å². The van der Waals surface area contributed by atoms with Gasteiger partial charge in [-0.2, -0.15) is 5.26 Å². The Balaban J connectivity index is 2.02. The molecule has 0 amide bonds. The first kappa shape index (κ1) is 10.9. The van der Waals surface area contributed by atoms with Crippen LogP contribution in [-0.2, 0) is 4.74 Å². The third-order valence-electron chi connectivity index (χ3n) is 3.79. The molecule has 0 aromatic heterocycles. The minimum absolute atomic E-state index is 0.449. The fourth-order valence-corrected chi connectivity index (χ4v) is 3.01. The van der Waals surface area contributed by atoms with Crippen LogP contribution in [0.25, 0.3) is 0 Å². The Hall–Kier alpha value is -0.590. The van der Waals surface area contributed by atoms with Crippen LogP contribution in [0.2, 0.25) is 0 Å². The molecule has 84 valence electrons. The summed E-state index contributed by atoms with van der Waals surface area (Å²) in [6.45, 7) is 4.05. The largest absolute Gasteiger partial charge is 0.375 e. The summed E-state index contributed by atoms with van der Waals surface area (Å²) < 4.78 is 5.78. The van der Waals surface area contributed by atoms with Crippen molar-refractivity contribution < 1.29 is 4.74 Å². The van der Waals surface area contributed by atoms with Gasteiger partial charge in [-0.3, -0.25) is 4.90 Å². The van der Waals surface area contributed by atoms with Crippen LogP contribution in [0.3, 0.4) is 0 Å². The molecule has 0 aromatic rings. The van der Waals surface area contributed by atoms with Crippen LogP contribution in [0.15, 0.2) is 0 Å². The molecule has 3 atom stereocenters. The van der Waals surface area contributed by atoms with Crippen molar-refractivity contribution in [3.63, 3.8) is 0 Å². The molecule has 0 spiro atoms. The van der Waals surface area contributed by atoms with E-state index in [1.807, 2.05) is 0 Å². The quantitative estimate of drug-likeness (QED) is 0.711. The molecule has 1 heterocycles. The maximum absolute atomic E-state index is 8.83. The number of rotatable bonds is 3. The smallest absolute Gasteiger partial charge is 0.0731 e. The summed E-state index contributed by atoms with van der Waals surface area (Å²) in [4.78, 5) is 2.53. The molecule has 3 heteroatoms. The number of ether oxygens (including phenoxy) is 1. The van der Waals surface area contributed by atoms with E-state index in [0.29, 0.717) is 24.6 Å². The van der Waals surface area contributed by atoms with Gasteiger partial charge in [-0.05, 0) is 25.7 Å². The summed E-state index contributed by atoms with van der Waals surface area (Å²) in [5.74, 6) is 0. The predicted molar refractivity (Wildman–Crippen MR) is 58.4 cm³/mol. The summed E-state index contributed by atoms with van der Waals surface area (Å²) in [6.07, 6.45) is 5.95. The molecule has 0 N–H and O–H groups in total. The van der Waals surface area contributed by atoms with E-state index in [1.165, 1.54) is 19.3 Å². The lowest BCUT2D eigenvalue weighted by molar-refractivity contribution is -0.0715. The van der Waals surface area contributed by atoms with Crippen LogP contribution in [0.4, 0.5) is 0 Å². The second-order valence-corrected chi connectivity index (χ2v) is 4.57. The molecule has 0 aromatic carbocycles. The Kier molecular flexibility index (Phi) is 3.61.